The van der Waals surface area contributed by atoms with E-state index in [2.05, 4.69) is 0 Å². The lowest BCUT2D eigenvalue weighted by Gasteiger charge is -2.32. The number of carbonyl (C=O) groups excluding carboxylic acids is 2. The van der Waals surface area contributed by atoms with Crippen molar-refractivity contribution in [2.24, 2.45) is 5.73 Å². The zero-order chi connectivity index (χ0) is 22.5. The second kappa shape index (κ2) is 9.83. The molecule has 2 aromatic rings. The summed E-state index contributed by atoms with van der Waals surface area (Å²) in [7, 11) is 1.61. The molecule has 2 aromatic carbocycles. The number of anilines is 1. The van der Waals surface area contributed by atoms with Crippen LogP contribution >= 0.6 is 0 Å². The molecule has 0 saturated carbocycles. The van der Waals surface area contributed by atoms with Gasteiger partial charge in [0.1, 0.15) is 11.5 Å². The number of benzene rings is 2. The second-order valence-corrected chi connectivity index (χ2v) is 7.69. The van der Waals surface area contributed by atoms with Crippen molar-refractivity contribution in [2.45, 2.75) is 46.1 Å². The molecule has 1 aliphatic heterocycles. The Morgan fingerprint density at radius 2 is 1.90 bits per heavy atom. The quantitative estimate of drug-likeness (QED) is 0.559. The summed E-state index contributed by atoms with van der Waals surface area (Å²) in [5.41, 5.74) is 11.1. The van der Waals surface area contributed by atoms with E-state index < -0.39 is 12.2 Å². The molecule has 1 heterocycles. The minimum Gasteiger partial charge on any atom is -0.495 e. The average molecular weight is 427 g/mol. The van der Waals surface area contributed by atoms with E-state index in [1.54, 1.807) is 31.1 Å². The number of hydrogen-bond acceptors (Lipinski definition) is 6. The summed E-state index contributed by atoms with van der Waals surface area (Å²) >= 11 is 0. The van der Waals surface area contributed by atoms with Crippen LogP contribution < -0.4 is 20.1 Å². The van der Waals surface area contributed by atoms with Gasteiger partial charge in [-0.15, -0.1) is 0 Å². The van der Waals surface area contributed by atoms with Crippen LogP contribution in [0.1, 0.15) is 35.6 Å². The Hall–Kier alpha value is -3.06. The molecule has 0 aromatic heterocycles. The fourth-order valence-corrected chi connectivity index (χ4v) is 4.09. The summed E-state index contributed by atoms with van der Waals surface area (Å²) in [5, 5.41) is 0. The van der Waals surface area contributed by atoms with Gasteiger partial charge in [0.2, 0.25) is 5.91 Å². The highest BCUT2D eigenvalue weighted by molar-refractivity contribution is 5.99. The fourth-order valence-electron chi connectivity index (χ4n) is 4.09. The van der Waals surface area contributed by atoms with Gasteiger partial charge in [-0.25, -0.2) is 4.79 Å². The van der Waals surface area contributed by atoms with E-state index in [-0.39, 0.29) is 12.5 Å². The highest BCUT2D eigenvalue weighted by atomic mass is 16.7. The minimum absolute atomic E-state index is 0.129. The monoisotopic (exact) mass is 426 g/mol. The number of nitrogens with zero attached hydrogens (tertiary/aromatic N) is 1. The molecule has 1 unspecified atom stereocenters. The van der Waals surface area contributed by atoms with Crippen LogP contribution in [0, 0.1) is 13.8 Å². The molecule has 0 saturated heterocycles. The third-order valence-corrected chi connectivity index (χ3v) is 5.54. The molecular weight excluding hydrogens is 396 g/mol. The van der Waals surface area contributed by atoms with Gasteiger partial charge in [0, 0.05) is 6.54 Å². The van der Waals surface area contributed by atoms with Crippen molar-refractivity contribution in [1.82, 2.24) is 0 Å². The first-order valence-electron chi connectivity index (χ1n) is 10.5. The predicted octanol–water partition coefficient (Wildman–Crippen LogP) is 3.70. The molecule has 0 radical (unpaired) electrons. The summed E-state index contributed by atoms with van der Waals surface area (Å²) in [6.07, 6.45) is 1.44. The molecule has 166 valence electrons. The number of ether oxygens (including phenoxy) is 3. The Morgan fingerprint density at radius 3 is 2.55 bits per heavy atom. The molecule has 3 rings (SSSR count). The van der Waals surface area contributed by atoms with Crippen LogP contribution in [-0.4, -0.2) is 38.4 Å². The van der Waals surface area contributed by atoms with Gasteiger partial charge in [-0.2, -0.15) is 0 Å². The third-order valence-electron chi connectivity index (χ3n) is 5.54. The normalized spacial score (nSPS) is 13.9. The minimum atomic E-state index is -0.737. The van der Waals surface area contributed by atoms with E-state index in [1.165, 1.54) is 0 Å². The van der Waals surface area contributed by atoms with Gasteiger partial charge in [0.05, 0.1) is 25.4 Å². The van der Waals surface area contributed by atoms with Crippen molar-refractivity contribution in [2.75, 3.05) is 25.2 Å². The maximum absolute atomic E-state index is 13.3. The van der Waals surface area contributed by atoms with Gasteiger partial charge < -0.3 is 24.8 Å². The Balaban J connectivity index is 1.79. The van der Waals surface area contributed by atoms with Crippen LogP contribution in [0.2, 0.25) is 0 Å². The van der Waals surface area contributed by atoms with Crippen molar-refractivity contribution in [3.8, 4) is 11.5 Å². The van der Waals surface area contributed by atoms with Crippen molar-refractivity contribution in [1.29, 1.82) is 0 Å². The summed E-state index contributed by atoms with van der Waals surface area (Å²) in [4.78, 5) is 26.6. The van der Waals surface area contributed by atoms with Gasteiger partial charge >= 0.3 is 6.16 Å². The molecule has 0 bridgehead atoms. The lowest BCUT2D eigenvalue weighted by Crippen LogP contribution is -2.47. The average Bonchev–Trinajstić information content (AvgIpc) is 2.74. The smallest absolute Gasteiger partial charge is 0.495 e. The van der Waals surface area contributed by atoms with Crippen LogP contribution in [0.3, 0.4) is 0 Å². The molecule has 1 amide bonds. The number of carbonyl (C=O) groups is 2. The predicted molar refractivity (Wildman–Crippen MR) is 119 cm³/mol. The number of hydrogen-bond donors (Lipinski definition) is 1. The van der Waals surface area contributed by atoms with Crippen molar-refractivity contribution in [3.05, 3.63) is 52.6 Å². The Morgan fingerprint density at radius 1 is 1.19 bits per heavy atom. The summed E-state index contributed by atoms with van der Waals surface area (Å²) in [6, 6.07) is 8.65. The highest BCUT2D eigenvalue weighted by Gasteiger charge is 2.30. The second-order valence-electron chi connectivity index (χ2n) is 7.69. The molecule has 0 fully saturated rings. The molecule has 31 heavy (non-hydrogen) atoms. The zero-order valence-corrected chi connectivity index (χ0v) is 18.6. The SMILES string of the molecule is CCOC(=O)Oc1cc(C)c(CC(N)C(=O)N2CCCc3cccc(OC)c32)c(C)c1. The lowest BCUT2D eigenvalue weighted by molar-refractivity contribution is -0.119. The summed E-state index contributed by atoms with van der Waals surface area (Å²) in [5.74, 6) is 0.966. The molecule has 1 atom stereocenters. The van der Waals surface area contributed by atoms with Gasteiger partial charge in [-0.3, -0.25) is 4.79 Å². The standard InChI is InChI=1S/C24H30N2O5/c1-5-30-24(28)31-18-12-15(2)19(16(3)13-18)14-20(25)23(27)26-11-7-9-17-8-6-10-21(29-4)22(17)26/h6,8,10,12-13,20H,5,7,9,11,14,25H2,1-4H3. The molecule has 0 spiro atoms. The third kappa shape index (κ3) is 4.99. The maximum Gasteiger partial charge on any atom is 0.513 e. The topological polar surface area (TPSA) is 91.1 Å². The number of nitrogens with two attached hydrogens (primary N) is 1. The molecule has 2 N–H and O–H groups in total. The van der Waals surface area contributed by atoms with E-state index in [9.17, 15) is 9.59 Å². The summed E-state index contributed by atoms with van der Waals surface area (Å²) in [6.45, 7) is 6.41. The zero-order valence-electron chi connectivity index (χ0n) is 18.6. The van der Waals surface area contributed by atoms with Crippen LogP contribution in [0.5, 0.6) is 11.5 Å². The largest absolute Gasteiger partial charge is 0.513 e. The first-order chi connectivity index (χ1) is 14.8. The molecule has 7 heteroatoms. The molecule has 1 aliphatic rings. The number of methoxy groups -OCH3 is 1. The van der Waals surface area contributed by atoms with Crippen LogP contribution in [0.25, 0.3) is 0 Å². The van der Waals surface area contributed by atoms with E-state index in [4.69, 9.17) is 19.9 Å². The van der Waals surface area contributed by atoms with Gasteiger partial charge in [0.25, 0.3) is 0 Å². The lowest BCUT2D eigenvalue weighted by atomic mass is 9.94. The first-order valence-corrected chi connectivity index (χ1v) is 10.5. The van der Waals surface area contributed by atoms with Crippen molar-refractivity contribution >= 4 is 17.7 Å². The number of aryl methyl sites for hydroxylation is 3. The van der Waals surface area contributed by atoms with E-state index in [1.807, 2.05) is 32.0 Å². The van der Waals surface area contributed by atoms with Crippen molar-refractivity contribution in [3.63, 3.8) is 0 Å². The Bertz CT molecular complexity index is 935. The molecule has 7 nitrogen and oxygen atoms in total. The van der Waals surface area contributed by atoms with E-state index in [0.29, 0.717) is 24.5 Å². The van der Waals surface area contributed by atoms with Gasteiger partial charge in [-0.05, 0) is 80.5 Å². The number of rotatable bonds is 6. The molecule has 0 aliphatic carbocycles. The number of amides is 1. The van der Waals surface area contributed by atoms with Crippen LogP contribution in [0.4, 0.5) is 10.5 Å². The van der Waals surface area contributed by atoms with Crippen LogP contribution in [-0.2, 0) is 22.4 Å². The van der Waals surface area contributed by atoms with E-state index >= 15 is 0 Å². The Labute approximate surface area is 183 Å². The first kappa shape index (κ1) is 22.6. The van der Waals surface area contributed by atoms with Gasteiger partial charge in [0.15, 0.2) is 0 Å². The fraction of sp³-hybridized carbons (Fsp3) is 0.417. The van der Waals surface area contributed by atoms with E-state index in [0.717, 1.165) is 40.8 Å². The molecular formula is C24H30N2O5. The van der Waals surface area contributed by atoms with Crippen LogP contribution in [0.15, 0.2) is 30.3 Å². The van der Waals surface area contributed by atoms with Gasteiger partial charge in [-0.1, -0.05) is 12.1 Å². The summed E-state index contributed by atoms with van der Waals surface area (Å²) < 4.78 is 15.5. The van der Waals surface area contributed by atoms with Crippen molar-refractivity contribution < 1.29 is 23.8 Å². The maximum atomic E-state index is 13.3. The Kier molecular flexibility index (Phi) is 7.17. The highest BCUT2D eigenvalue weighted by Crippen LogP contribution is 2.36. The number of fused-ring (bicyclic) bond motifs is 1. The number of para-hydroxylation sites is 1.